The van der Waals surface area contributed by atoms with E-state index in [-0.39, 0.29) is 17.0 Å². The van der Waals surface area contributed by atoms with Crippen LogP contribution in [0.1, 0.15) is 46.1 Å². The molecule has 0 heterocycles. The van der Waals surface area contributed by atoms with Crippen molar-refractivity contribution in [2.24, 2.45) is 11.3 Å². The van der Waals surface area contributed by atoms with Crippen LogP contribution in [-0.2, 0) is 11.2 Å². The number of rotatable bonds is 5. The molecular weight excluding hydrogens is 307 g/mol. The first-order valence-electron chi connectivity index (χ1n) is 6.62. The van der Waals surface area contributed by atoms with E-state index in [1.165, 1.54) is 12.1 Å². The Morgan fingerprint density at radius 3 is 2.47 bits per heavy atom. The van der Waals surface area contributed by atoms with Gasteiger partial charge < -0.3 is 0 Å². The second-order valence-electron chi connectivity index (χ2n) is 6.57. The molecule has 0 aliphatic rings. The summed E-state index contributed by atoms with van der Waals surface area (Å²) in [6.07, 6.45) is 1.89. The number of carbonyl (C=O) groups excluding carboxylic acids is 1. The normalized spacial score (nSPS) is 13.4. The van der Waals surface area contributed by atoms with E-state index in [0.717, 1.165) is 12.0 Å². The van der Waals surface area contributed by atoms with Crippen LogP contribution in [0.15, 0.2) is 22.7 Å². The Kier molecular flexibility index (Phi) is 5.72. The molecule has 3 heteroatoms. The summed E-state index contributed by atoms with van der Waals surface area (Å²) in [4.78, 5) is 12.0. The van der Waals surface area contributed by atoms with Gasteiger partial charge >= 0.3 is 0 Å². The minimum absolute atomic E-state index is 0.175. The zero-order valence-corrected chi connectivity index (χ0v) is 13.7. The molecule has 0 amide bonds. The molecule has 0 aromatic heterocycles. The van der Waals surface area contributed by atoms with Gasteiger partial charge in [-0.1, -0.05) is 43.6 Å². The van der Waals surface area contributed by atoms with Crippen molar-refractivity contribution in [3.05, 3.63) is 34.1 Å². The number of ketones is 1. The Labute approximate surface area is 123 Å². The molecule has 0 bridgehead atoms. The molecule has 0 aliphatic carbocycles. The maximum atomic E-state index is 13.2. The lowest BCUT2D eigenvalue weighted by Crippen LogP contribution is -2.15. The molecule has 1 aromatic carbocycles. The van der Waals surface area contributed by atoms with Crippen molar-refractivity contribution in [3.63, 3.8) is 0 Å². The van der Waals surface area contributed by atoms with Crippen LogP contribution in [0.25, 0.3) is 0 Å². The average Bonchev–Trinajstić information content (AvgIpc) is 2.10. The minimum Gasteiger partial charge on any atom is -0.299 e. The van der Waals surface area contributed by atoms with Crippen LogP contribution in [0.2, 0.25) is 0 Å². The Morgan fingerprint density at radius 2 is 1.95 bits per heavy atom. The van der Waals surface area contributed by atoms with Gasteiger partial charge in [-0.05, 0) is 41.5 Å². The van der Waals surface area contributed by atoms with Crippen LogP contribution in [0.5, 0.6) is 0 Å². The first kappa shape index (κ1) is 16.4. The molecule has 0 radical (unpaired) electrons. The molecule has 1 atom stereocenters. The predicted molar refractivity (Wildman–Crippen MR) is 80.7 cm³/mol. The summed E-state index contributed by atoms with van der Waals surface area (Å²) in [6.45, 7) is 8.64. The molecule has 19 heavy (non-hydrogen) atoms. The van der Waals surface area contributed by atoms with Crippen LogP contribution in [0.3, 0.4) is 0 Å². The van der Waals surface area contributed by atoms with Gasteiger partial charge in [0.2, 0.25) is 0 Å². The first-order valence-corrected chi connectivity index (χ1v) is 7.42. The zero-order chi connectivity index (χ0) is 14.6. The highest BCUT2D eigenvalue weighted by Gasteiger charge is 2.18. The summed E-state index contributed by atoms with van der Waals surface area (Å²) in [7, 11) is 0. The van der Waals surface area contributed by atoms with Crippen molar-refractivity contribution >= 4 is 21.7 Å². The molecule has 0 fully saturated rings. The highest BCUT2D eigenvalue weighted by atomic mass is 79.9. The summed E-state index contributed by atoms with van der Waals surface area (Å²) in [5.74, 6) is 0.235. The fourth-order valence-electron chi connectivity index (χ4n) is 2.52. The monoisotopic (exact) mass is 328 g/mol. The molecule has 0 N–H and O–H groups in total. The fraction of sp³-hybridized carbons (Fsp3) is 0.562. The van der Waals surface area contributed by atoms with Gasteiger partial charge in [0.1, 0.15) is 11.6 Å². The molecule has 1 aromatic rings. The minimum atomic E-state index is -0.306. The van der Waals surface area contributed by atoms with Crippen LogP contribution < -0.4 is 0 Å². The second kappa shape index (κ2) is 6.65. The summed E-state index contributed by atoms with van der Waals surface area (Å²) in [5.41, 5.74) is 0.974. The smallest absolute Gasteiger partial charge is 0.137 e. The Hall–Kier alpha value is -0.700. The van der Waals surface area contributed by atoms with Gasteiger partial charge in [0, 0.05) is 17.3 Å². The predicted octanol–water partition coefficient (Wildman–Crippen LogP) is 5.16. The van der Waals surface area contributed by atoms with E-state index in [0.29, 0.717) is 23.2 Å². The lowest BCUT2D eigenvalue weighted by molar-refractivity contribution is -0.119. The van der Waals surface area contributed by atoms with E-state index in [9.17, 15) is 9.18 Å². The van der Waals surface area contributed by atoms with Gasteiger partial charge in [-0.25, -0.2) is 4.39 Å². The van der Waals surface area contributed by atoms with Crippen LogP contribution >= 0.6 is 15.9 Å². The van der Waals surface area contributed by atoms with Gasteiger partial charge in [0.05, 0.1) is 0 Å². The third-order valence-electron chi connectivity index (χ3n) is 2.86. The lowest BCUT2D eigenvalue weighted by Gasteiger charge is -2.22. The van der Waals surface area contributed by atoms with Crippen LogP contribution in [0.4, 0.5) is 4.39 Å². The third kappa shape index (κ3) is 6.86. The SMILES string of the molecule is CC(CC(=O)Cc1cc(F)cc(Br)c1)CC(C)(C)C. The highest BCUT2D eigenvalue weighted by molar-refractivity contribution is 9.10. The molecular formula is C16H22BrFO. The maximum Gasteiger partial charge on any atom is 0.137 e. The van der Waals surface area contributed by atoms with E-state index >= 15 is 0 Å². The molecule has 0 saturated heterocycles. The Balaban J connectivity index is 2.55. The van der Waals surface area contributed by atoms with E-state index < -0.39 is 0 Å². The lowest BCUT2D eigenvalue weighted by atomic mass is 9.83. The van der Waals surface area contributed by atoms with Crippen molar-refractivity contribution < 1.29 is 9.18 Å². The highest BCUT2D eigenvalue weighted by Crippen LogP contribution is 2.26. The van der Waals surface area contributed by atoms with Crippen LogP contribution in [0, 0.1) is 17.2 Å². The number of hydrogen-bond donors (Lipinski definition) is 0. The summed E-state index contributed by atoms with van der Waals surface area (Å²) in [6, 6.07) is 4.63. The number of Topliss-reactive ketones (excluding diaryl/α,β-unsaturated/α-hetero) is 1. The Bertz CT molecular complexity index is 428. The molecule has 0 spiro atoms. The van der Waals surface area contributed by atoms with E-state index in [1.807, 2.05) is 0 Å². The van der Waals surface area contributed by atoms with Crippen molar-refractivity contribution in [1.29, 1.82) is 0 Å². The number of carbonyl (C=O) groups is 1. The van der Waals surface area contributed by atoms with Crippen molar-refractivity contribution in [2.75, 3.05) is 0 Å². The van der Waals surface area contributed by atoms with Gasteiger partial charge in [-0.3, -0.25) is 4.79 Å². The van der Waals surface area contributed by atoms with E-state index in [4.69, 9.17) is 0 Å². The summed E-state index contributed by atoms with van der Waals surface area (Å²) >= 11 is 3.24. The second-order valence-corrected chi connectivity index (χ2v) is 7.48. The first-order chi connectivity index (χ1) is 8.65. The summed E-state index contributed by atoms with van der Waals surface area (Å²) in [5, 5.41) is 0. The van der Waals surface area contributed by atoms with Gasteiger partial charge in [0.25, 0.3) is 0 Å². The third-order valence-corrected chi connectivity index (χ3v) is 3.32. The van der Waals surface area contributed by atoms with Gasteiger partial charge in [-0.15, -0.1) is 0 Å². The van der Waals surface area contributed by atoms with E-state index in [2.05, 4.69) is 43.6 Å². The summed E-state index contributed by atoms with van der Waals surface area (Å²) < 4.78 is 13.9. The largest absolute Gasteiger partial charge is 0.299 e. The topological polar surface area (TPSA) is 17.1 Å². The molecule has 1 unspecified atom stereocenters. The van der Waals surface area contributed by atoms with Crippen molar-refractivity contribution in [3.8, 4) is 0 Å². The quantitative estimate of drug-likeness (QED) is 0.729. The fourth-order valence-corrected chi connectivity index (χ4v) is 3.03. The molecule has 106 valence electrons. The van der Waals surface area contributed by atoms with Crippen molar-refractivity contribution in [1.82, 2.24) is 0 Å². The standard InChI is InChI=1S/C16H22BrFO/c1-11(10-16(2,3)4)5-15(19)8-12-6-13(17)9-14(18)7-12/h6-7,9,11H,5,8,10H2,1-4H3. The number of halogens is 2. The molecule has 1 rings (SSSR count). The molecule has 0 saturated carbocycles. The van der Waals surface area contributed by atoms with Crippen LogP contribution in [-0.4, -0.2) is 5.78 Å². The maximum absolute atomic E-state index is 13.2. The number of benzene rings is 1. The van der Waals surface area contributed by atoms with Gasteiger partial charge in [-0.2, -0.15) is 0 Å². The molecule has 0 aliphatic heterocycles. The molecule has 1 nitrogen and oxygen atoms in total. The zero-order valence-electron chi connectivity index (χ0n) is 12.1. The van der Waals surface area contributed by atoms with Crippen molar-refractivity contribution in [2.45, 2.75) is 47.0 Å². The van der Waals surface area contributed by atoms with E-state index in [1.54, 1.807) is 6.07 Å². The van der Waals surface area contributed by atoms with Gasteiger partial charge in [0.15, 0.2) is 0 Å². The average molecular weight is 329 g/mol. The Morgan fingerprint density at radius 1 is 1.32 bits per heavy atom. The number of hydrogen-bond acceptors (Lipinski definition) is 1.